The fourth-order valence-corrected chi connectivity index (χ4v) is 4.55. The SMILES string of the molecule is CC(C)[C@@H](C(=O)O)N(CCCNC(=O)OC(C)(C)C)C(=O)OCC1c2ccccc2-c2ccccc21. The van der Waals surface area contributed by atoms with E-state index in [1.807, 2.05) is 36.4 Å². The number of benzene rings is 2. The van der Waals surface area contributed by atoms with Crippen LogP contribution in [0, 0.1) is 5.92 Å². The Labute approximate surface area is 212 Å². The van der Waals surface area contributed by atoms with E-state index >= 15 is 0 Å². The van der Waals surface area contributed by atoms with Gasteiger partial charge in [-0.1, -0.05) is 62.4 Å². The summed E-state index contributed by atoms with van der Waals surface area (Å²) in [7, 11) is 0. The molecule has 1 atom stereocenters. The number of ether oxygens (including phenoxy) is 2. The van der Waals surface area contributed by atoms with Crippen molar-refractivity contribution in [1.29, 1.82) is 0 Å². The molecule has 0 spiro atoms. The Hall–Kier alpha value is -3.55. The minimum atomic E-state index is -1.10. The van der Waals surface area contributed by atoms with Crippen LogP contribution in [0.5, 0.6) is 0 Å². The van der Waals surface area contributed by atoms with Crippen molar-refractivity contribution in [3.05, 3.63) is 59.7 Å². The van der Waals surface area contributed by atoms with Gasteiger partial charge in [0, 0.05) is 19.0 Å². The van der Waals surface area contributed by atoms with E-state index in [9.17, 15) is 19.5 Å². The van der Waals surface area contributed by atoms with Gasteiger partial charge in [0.05, 0.1) is 0 Å². The molecular formula is C28H36N2O6. The first-order chi connectivity index (χ1) is 17.0. The number of carboxylic acids is 1. The zero-order valence-corrected chi connectivity index (χ0v) is 21.6. The highest BCUT2D eigenvalue weighted by atomic mass is 16.6. The second kappa shape index (κ2) is 11.5. The first kappa shape index (κ1) is 27.0. The molecule has 0 unspecified atom stereocenters. The molecule has 2 aromatic carbocycles. The molecule has 0 aromatic heterocycles. The Balaban J connectivity index is 1.69. The largest absolute Gasteiger partial charge is 0.480 e. The van der Waals surface area contributed by atoms with Gasteiger partial charge in [0.25, 0.3) is 0 Å². The summed E-state index contributed by atoms with van der Waals surface area (Å²) < 4.78 is 11.0. The van der Waals surface area contributed by atoms with Crippen molar-refractivity contribution in [3.63, 3.8) is 0 Å². The fraction of sp³-hybridized carbons (Fsp3) is 0.464. The number of nitrogens with zero attached hydrogens (tertiary/aromatic N) is 1. The van der Waals surface area contributed by atoms with Crippen molar-refractivity contribution >= 4 is 18.2 Å². The lowest BCUT2D eigenvalue weighted by molar-refractivity contribution is -0.144. The Morgan fingerprint density at radius 3 is 2.06 bits per heavy atom. The van der Waals surface area contributed by atoms with Gasteiger partial charge in [-0.2, -0.15) is 0 Å². The average Bonchev–Trinajstić information content (AvgIpc) is 3.11. The molecule has 0 saturated carbocycles. The molecule has 1 aliphatic carbocycles. The number of rotatable bonds is 9. The van der Waals surface area contributed by atoms with Gasteiger partial charge in [-0.3, -0.25) is 4.90 Å². The lowest BCUT2D eigenvalue weighted by Crippen LogP contribution is -2.49. The average molecular weight is 497 g/mol. The highest BCUT2D eigenvalue weighted by Gasteiger charge is 2.35. The molecule has 0 aliphatic heterocycles. The minimum Gasteiger partial charge on any atom is -0.480 e. The van der Waals surface area contributed by atoms with Crippen LogP contribution >= 0.6 is 0 Å². The molecule has 3 rings (SSSR count). The molecule has 0 fully saturated rings. The van der Waals surface area contributed by atoms with Crippen molar-refractivity contribution in [2.24, 2.45) is 5.92 Å². The van der Waals surface area contributed by atoms with Crippen molar-refractivity contribution in [2.45, 2.75) is 58.6 Å². The smallest absolute Gasteiger partial charge is 0.410 e. The van der Waals surface area contributed by atoms with Crippen LogP contribution in [0.4, 0.5) is 9.59 Å². The second-order valence-corrected chi connectivity index (χ2v) is 10.3. The van der Waals surface area contributed by atoms with E-state index in [0.717, 1.165) is 22.3 Å². The molecule has 194 valence electrons. The summed E-state index contributed by atoms with van der Waals surface area (Å²) >= 11 is 0. The van der Waals surface area contributed by atoms with Gasteiger partial charge in [0.2, 0.25) is 0 Å². The third-order valence-electron chi connectivity index (χ3n) is 6.03. The van der Waals surface area contributed by atoms with E-state index in [1.54, 1.807) is 34.6 Å². The van der Waals surface area contributed by atoms with Gasteiger partial charge in [0.1, 0.15) is 18.2 Å². The zero-order valence-electron chi connectivity index (χ0n) is 21.6. The number of nitrogens with one attached hydrogen (secondary N) is 1. The number of carbonyl (C=O) groups is 3. The number of carboxylic acid groups (broad SMARTS) is 1. The summed E-state index contributed by atoms with van der Waals surface area (Å²) in [6.07, 6.45) is -0.899. The topological polar surface area (TPSA) is 105 Å². The molecule has 0 heterocycles. The Morgan fingerprint density at radius 2 is 1.56 bits per heavy atom. The van der Waals surface area contributed by atoms with E-state index in [2.05, 4.69) is 17.4 Å². The molecule has 2 amide bonds. The van der Waals surface area contributed by atoms with Crippen LogP contribution < -0.4 is 5.32 Å². The monoisotopic (exact) mass is 496 g/mol. The molecular weight excluding hydrogens is 460 g/mol. The highest BCUT2D eigenvalue weighted by Crippen LogP contribution is 2.44. The van der Waals surface area contributed by atoms with Gasteiger partial charge in [0.15, 0.2) is 0 Å². The van der Waals surface area contributed by atoms with Crippen molar-refractivity contribution in [3.8, 4) is 11.1 Å². The maximum atomic E-state index is 13.2. The Bertz CT molecular complexity index is 1050. The number of aliphatic carboxylic acids is 1. The first-order valence-corrected chi connectivity index (χ1v) is 12.3. The van der Waals surface area contributed by atoms with Crippen LogP contribution in [0.25, 0.3) is 11.1 Å². The van der Waals surface area contributed by atoms with Gasteiger partial charge in [-0.15, -0.1) is 0 Å². The van der Waals surface area contributed by atoms with Crippen LogP contribution in [-0.4, -0.2) is 59.5 Å². The van der Waals surface area contributed by atoms with Crippen LogP contribution in [-0.2, 0) is 14.3 Å². The Morgan fingerprint density at radius 1 is 1.00 bits per heavy atom. The number of amides is 2. The molecule has 0 saturated heterocycles. The van der Waals surface area contributed by atoms with E-state index in [-0.39, 0.29) is 31.5 Å². The predicted molar refractivity (Wildman–Crippen MR) is 137 cm³/mol. The van der Waals surface area contributed by atoms with Gasteiger partial charge < -0.3 is 19.9 Å². The molecule has 8 heteroatoms. The molecule has 36 heavy (non-hydrogen) atoms. The molecule has 2 aromatic rings. The number of alkyl carbamates (subject to hydrolysis) is 1. The van der Waals surface area contributed by atoms with Crippen LogP contribution in [0.1, 0.15) is 58.1 Å². The van der Waals surface area contributed by atoms with Crippen molar-refractivity contribution < 1.29 is 29.0 Å². The predicted octanol–water partition coefficient (Wildman–Crippen LogP) is 5.26. The summed E-state index contributed by atoms with van der Waals surface area (Å²) in [5.74, 6) is -1.56. The van der Waals surface area contributed by atoms with Crippen molar-refractivity contribution in [1.82, 2.24) is 10.2 Å². The summed E-state index contributed by atoms with van der Waals surface area (Å²) in [6, 6.07) is 15.0. The lowest BCUT2D eigenvalue weighted by atomic mass is 9.98. The quantitative estimate of drug-likeness (QED) is 0.459. The van der Waals surface area contributed by atoms with Crippen LogP contribution in [0.3, 0.4) is 0 Å². The second-order valence-electron chi connectivity index (χ2n) is 10.3. The molecule has 0 bridgehead atoms. The summed E-state index contributed by atoms with van der Waals surface area (Å²) in [5.41, 5.74) is 3.77. The van der Waals surface area contributed by atoms with Crippen molar-refractivity contribution in [2.75, 3.05) is 19.7 Å². The normalized spacial score (nSPS) is 13.5. The molecule has 0 radical (unpaired) electrons. The van der Waals surface area contributed by atoms with Gasteiger partial charge in [-0.25, -0.2) is 14.4 Å². The van der Waals surface area contributed by atoms with Gasteiger partial charge >= 0.3 is 18.2 Å². The fourth-order valence-electron chi connectivity index (χ4n) is 4.55. The lowest BCUT2D eigenvalue weighted by Gasteiger charge is -2.31. The Kier molecular flexibility index (Phi) is 8.61. The number of carbonyl (C=O) groups excluding carboxylic acids is 2. The van der Waals surface area contributed by atoms with E-state index < -0.39 is 29.8 Å². The van der Waals surface area contributed by atoms with Gasteiger partial charge in [-0.05, 0) is 55.4 Å². The summed E-state index contributed by atoms with van der Waals surface area (Å²) in [6.45, 7) is 9.25. The maximum absolute atomic E-state index is 13.2. The van der Waals surface area contributed by atoms with Crippen LogP contribution in [0.2, 0.25) is 0 Å². The standard InChI is InChI=1S/C28H36N2O6/c1-18(2)24(25(31)32)30(16-10-15-29-26(33)36-28(3,4)5)27(34)35-17-23-21-13-8-6-11-19(21)20-12-7-9-14-22(20)23/h6-9,11-14,18,23-24H,10,15-17H2,1-5H3,(H,29,33)(H,31,32)/t24-/m0/s1. The zero-order chi connectivity index (χ0) is 26.5. The highest BCUT2D eigenvalue weighted by molar-refractivity contribution is 5.81. The van der Waals surface area contributed by atoms with E-state index in [0.29, 0.717) is 6.42 Å². The van der Waals surface area contributed by atoms with E-state index in [1.165, 1.54) is 4.90 Å². The maximum Gasteiger partial charge on any atom is 0.410 e. The molecule has 1 aliphatic rings. The number of fused-ring (bicyclic) bond motifs is 3. The molecule has 8 nitrogen and oxygen atoms in total. The third kappa shape index (κ3) is 6.56. The van der Waals surface area contributed by atoms with E-state index in [4.69, 9.17) is 9.47 Å². The number of hydrogen-bond acceptors (Lipinski definition) is 5. The molecule has 2 N–H and O–H groups in total. The minimum absolute atomic E-state index is 0.101. The third-order valence-corrected chi connectivity index (χ3v) is 6.03. The number of hydrogen-bond donors (Lipinski definition) is 2. The summed E-state index contributed by atoms with van der Waals surface area (Å²) in [4.78, 5) is 38.4. The first-order valence-electron chi connectivity index (χ1n) is 12.3. The van der Waals surface area contributed by atoms with Crippen LogP contribution in [0.15, 0.2) is 48.5 Å². The summed E-state index contributed by atoms with van der Waals surface area (Å²) in [5, 5.41) is 12.5.